The highest BCUT2D eigenvalue weighted by molar-refractivity contribution is 5.95. The van der Waals surface area contributed by atoms with Gasteiger partial charge in [0.1, 0.15) is 18.5 Å². The summed E-state index contributed by atoms with van der Waals surface area (Å²) < 4.78 is 5.46. The highest BCUT2D eigenvalue weighted by Gasteiger charge is 2.29. The monoisotopic (exact) mass is 446 g/mol. The van der Waals surface area contributed by atoms with Gasteiger partial charge in [-0.3, -0.25) is 9.59 Å². The summed E-state index contributed by atoms with van der Waals surface area (Å²) in [6.07, 6.45) is 1.94. The third kappa shape index (κ3) is 4.82. The number of aromatic nitrogens is 2. The molecule has 3 N–H and O–H groups in total. The molecule has 1 heterocycles. The summed E-state index contributed by atoms with van der Waals surface area (Å²) in [7, 11) is 0. The van der Waals surface area contributed by atoms with E-state index in [-0.39, 0.29) is 30.5 Å². The number of carboxylic acids is 1. The van der Waals surface area contributed by atoms with Crippen LogP contribution in [0.1, 0.15) is 40.2 Å². The lowest BCUT2D eigenvalue weighted by Gasteiger charge is -2.14. The zero-order valence-corrected chi connectivity index (χ0v) is 17.8. The molecule has 0 saturated carbocycles. The van der Waals surface area contributed by atoms with Gasteiger partial charge in [0, 0.05) is 18.3 Å². The third-order valence-corrected chi connectivity index (χ3v) is 5.42. The van der Waals surface area contributed by atoms with Gasteiger partial charge in [-0.25, -0.2) is 14.8 Å². The first-order valence-corrected chi connectivity index (χ1v) is 10.4. The molecule has 1 aromatic heterocycles. The molecule has 168 valence electrons. The van der Waals surface area contributed by atoms with Crippen molar-refractivity contribution in [3.8, 4) is 11.1 Å². The molecule has 9 heteroatoms. The number of benzene rings is 2. The molecule has 33 heavy (non-hydrogen) atoms. The van der Waals surface area contributed by atoms with Crippen molar-refractivity contribution in [2.45, 2.75) is 25.4 Å². The maximum atomic E-state index is 12.2. The molecule has 1 atom stereocenters. The van der Waals surface area contributed by atoms with Gasteiger partial charge < -0.3 is 20.5 Å². The molecule has 1 unspecified atom stereocenters. The Morgan fingerprint density at radius 2 is 1.58 bits per heavy atom. The molecular weight excluding hydrogens is 424 g/mol. The first-order valence-electron chi connectivity index (χ1n) is 10.4. The van der Waals surface area contributed by atoms with Gasteiger partial charge in [-0.15, -0.1) is 0 Å². The van der Waals surface area contributed by atoms with Crippen LogP contribution in [-0.2, 0) is 16.1 Å². The number of amides is 2. The Morgan fingerprint density at radius 1 is 1.00 bits per heavy atom. The molecule has 1 aliphatic carbocycles. The van der Waals surface area contributed by atoms with Gasteiger partial charge in [0.15, 0.2) is 0 Å². The van der Waals surface area contributed by atoms with Gasteiger partial charge in [-0.05, 0) is 29.2 Å². The van der Waals surface area contributed by atoms with E-state index in [9.17, 15) is 14.4 Å². The Hall–Kier alpha value is -4.27. The van der Waals surface area contributed by atoms with Crippen molar-refractivity contribution in [1.82, 2.24) is 20.6 Å². The quantitative estimate of drug-likeness (QED) is 0.509. The van der Waals surface area contributed by atoms with Crippen molar-refractivity contribution in [1.29, 1.82) is 0 Å². The largest absolute Gasteiger partial charge is 0.480 e. The molecule has 9 nitrogen and oxygen atoms in total. The Bertz CT molecular complexity index is 1150. The minimum Gasteiger partial charge on any atom is -0.480 e. The van der Waals surface area contributed by atoms with E-state index in [0.29, 0.717) is 0 Å². The summed E-state index contributed by atoms with van der Waals surface area (Å²) in [6, 6.07) is 15.1. The first kappa shape index (κ1) is 21.9. The second-order valence-corrected chi connectivity index (χ2v) is 7.60. The van der Waals surface area contributed by atoms with Crippen molar-refractivity contribution in [3.05, 3.63) is 83.4 Å². The Labute approximate surface area is 189 Å². The van der Waals surface area contributed by atoms with Gasteiger partial charge in [0.05, 0.1) is 12.1 Å². The number of carbonyl (C=O) groups excluding carboxylic acids is 2. The molecule has 0 radical (unpaired) electrons. The van der Waals surface area contributed by atoms with Crippen LogP contribution in [0.5, 0.6) is 0 Å². The Balaban J connectivity index is 1.31. The third-order valence-electron chi connectivity index (χ3n) is 5.42. The molecule has 2 aromatic carbocycles. The Morgan fingerprint density at radius 3 is 2.15 bits per heavy atom. The number of carbonyl (C=O) groups is 3. The highest BCUT2D eigenvalue weighted by atomic mass is 16.5. The molecule has 0 bridgehead atoms. The molecule has 0 fully saturated rings. The van der Waals surface area contributed by atoms with Crippen LogP contribution in [0.15, 0.2) is 60.9 Å². The number of fused-ring (bicyclic) bond motifs is 3. The summed E-state index contributed by atoms with van der Waals surface area (Å²) in [5.74, 6) is -1.49. The fourth-order valence-electron chi connectivity index (χ4n) is 3.71. The maximum absolute atomic E-state index is 12.2. The average Bonchev–Trinajstić information content (AvgIpc) is 3.15. The topological polar surface area (TPSA) is 131 Å². The zero-order valence-electron chi connectivity index (χ0n) is 17.8. The fourth-order valence-corrected chi connectivity index (χ4v) is 3.71. The number of rotatable bonds is 7. The predicted molar refractivity (Wildman–Crippen MR) is 119 cm³/mol. The smallest absolute Gasteiger partial charge is 0.407 e. The number of hydrogen-bond acceptors (Lipinski definition) is 6. The molecule has 0 aliphatic heterocycles. The van der Waals surface area contributed by atoms with E-state index < -0.39 is 24.0 Å². The minimum absolute atomic E-state index is 0.0180. The van der Waals surface area contributed by atoms with Crippen LogP contribution in [0.3, 0.4) is 0 Å². The lowest BCUT2D eigenvalue weighted by Crippen LogP contribution is -2.38. The van der Waals surface area contributed by atoms with Crippen LogP contribution in [0.25, 0.3) is 11.1 Å². The van der Waals surface area contributed by atoms with E-state index in [1.165, 1.54) is 19.3 Å². The zero-order chi connectivity index (χ0) is 23.4. The predicted octanol–water partition coefficient (Wildman–Crippen LogP) is 2.72. The molecule has 3 aromatic rings. The van der Waals surface area contributed by atoms with Crippen molar-refractivity contribution < 1.29 is 24.2 Å². The van der Waals surface area contributed by atoms with E-state index in [4.69, 9.17) is 9.84 Å². The highest BCUT2D eigenvalue weighted by Crippen LogP contribution is 2.44. The van der Waals surface area contributed by atoms with E-state index in [0.717, 1.165) is 22.3 Å². The average molecular weight is 446 g/mol. The maximum Gasteiger partial charge on any atom is 0.407 e. The summed E-state index contributed by atoms with van der Waals surface area (Å²) in [5.41, 5.74) is 4.67. The molecule has 4 rings (SSSR count). The molecule has 0 saturated heterocycles. The number of ether oxygens (including phenoxy) is 1. The number of nitrogens with zero attached hydrogens (tertiary/aromatic N) is 2. The SMILES string of the molecule is CC(NC(=O)c1cnc(CNC(=O)OCC2c3ccccc3-c3ccccc32)nc1)C(=O)O. The van der Waals surface area contributed by atoms with Crippen LogP contribution in [0.2, 0.25) is 0 Å². The van der Waals surface area contributed by atoms with E-state index in [2.05, 4.69) is 32.7 Å². The van der Waals surface area contributed by atoms with Gasteiger partial charge in [0.25, 0.3) is 5.91 Å². The summed E-state index contributed by atoms with van der Waals surface area (Å²) in [5, 5.41) is 13.8. The molecular formula is C24H22N4O5. The summed E-state index contributed by atoms with van der Waals surface area (Å²) in [6.45, 7) is 1.57. The number of aliphatic carboxylic acids is 1. The second kappa shape index (κ2) is 9.47. The van der Waals surface area contributed by atoms with Crippen LogP contribution >= 0.6 is 0 Å². The summed E-state index contributed by atoms with van der Waals surface area (Å²) >= 11 is 0. The number of nitrogens with one attached hydrogen (secondary N) is 2. The molecule has 1 aliphatic rings. The van der Waals surface area contributed by atoms with Crippen molar-refractivity contribution in [2.75, 3.05) is 6.61 Å². The van der Waals surface area contributed by atoms with Gasteiger partial charge in [0.2, 0.25) is 0 Å². The van der Waals surface area contributed by atoms with Crippen LogP contribution in [0, 0.1) is 0 Å². The van der Waals surface area contributed by atoms with Crippen molar-refractivity contribution in [2.24, 2.45) is 0 Å². The van der Waals surface area contributed by atoms with Gasteiger partial charge in [-0.2, -0.15) is 0 Å². The van der Waals surface area contributed by atoms with Crippen LogP contribution in [-0.4, -0.2) is 45.7 Å². The van der Waals surface area contributed by atoms with Crippen LogP contribution < -0.4 is 10.6 Å². The molecule has 2 amide bonds. The second-order valence-electron chi connectivity index (χ2n) is 7.60. The van der Waals surface area contributed by atoms with Gasteiger partial charge >= 0.3 is 12.1 Å². The number of hydrogen-bond donors (Lipinski definition) is 3. The van der Waals surface area contributed by atoms with Crippen molar-refractivity contribution in [3.63, 3.8) is 0 Å². The fraction of sp³-hybridized carbons (Fsp3) is 0.208. The molecule has 0 spiro atoms. The number of carboxylic acid groups (broad SMARTS) is 1. The van der Waals surface area contributed by atoms with Crippen molar-refractivity contribution >= 4 is 18.0 Å². The van der Waals surface area contributed by atoms with E-state index in [1.807, 2.05) is 36.4 Å². The first-order chi connectivity index (χ1) is 15.9. The lowest BCUT2D eigenvalue weighted by atomic mass is 9.98. The van der Waals surface area contributed by atoms with Gasteiger partial charge in [-0.1, -0.05) is 48.5 Å². The normalized spacial score (nSPS) is 12.9. The summed E-state index contributed by atoms with van der Waals surface area (Å²) in [4.78, 5) is 43.1. The van der Waals surface area contributed by atoms with Crippen LogP contribution in [0.4, 0.5) is 4.79 Å². The lowest BCUT2D eigenvalue weighted by molar-refractivity contribution is -0.138. The number of alkyl carbamates (subject to hydrolysis) is 1. The Kier molecular flexibility index (Phi) is 6.30. The van der Waals surface area contributed by atoms with E-state index >= 15 is 0 Å². The standard InChI is InChI=1S/C24H22N4O5/c1-14(23(30)31)28-22(29)15-10-25-21(26-11-15)12-27-24(32)33-13-20-18-8-4-2-6-16(18)17-7-3-5-9-19(17)20/h2-11,14,20H,12-13H2,1H3,(H,27,32)(H,28,29)(H,30,31). The van der Waals surface area contributed by atoms with E-state index in [1.54, 1.807) is 0 Å². The minimum atomic E-state index is -1.15.